The van der Waals surface area contributed by atoms with E-state index in [1.165, 1.54) is 0 Å². The minimum atomic E-state index is -0.0457. The van der Waals surface area contributed by atoms with Crippen molar-refractivity contribution in [3.63, 3.8) is 0 Å². The fourth-order valence-corrected chi connectivity index (χ4v) is 3.57. The zero-order valence-electron chi connectivity index (χ0n) is 15.4. The van der Waals surface area contributed by atoms with Crippen LogP contribution in [0.25, 0.3) is 0 Å². The summed E-state index contributed by atoms with van der Waals surface area (Å²) >= 11 is 6.14. The molecular weight excluding hydrogens is 387 g/mol. The molecule has 1 amide bonds. The standard InChI is InChI=1S/C20H23ClN2O3.ClH/c1-25-18-7-4-8-19(26-2)16(18)12-20(24)23-10-9-22-13-17(23)14-5-3-6-15(21)11-14;/h3-8,11,17,22H,9-10,12-13H2,1-2H3;1H. The summed E-state index contributed by atoms with van der Waals surface area (Å²) < 4.78 is 10.8. The lowest BCUT2D eigenvalue weighted by Crippen LogP contribution is -2.49. The van der Waals surface area contributed by atoms with E-state index in [2.05, 4.69) is 5.32 Å². The zero-order valence-corrected chi connectivity index (χ0v) is 17.0. The van der Waals surface area contributed by atoms with Crippen LogP contribution in [0.4, 0.5) is 0 Å². The molecule has 0 saturated carbocycles. The van der Waals surface area contributed by atoms with E-state index < -0.39 is 0 Å². The molecule has 0 spiro atoms. The van der Waals surface area contributed by atoms with Gasteiger partial charge in [0.05, 0.1) is 26.7 Å². The van der Waals surface area contributed by atoms with Gasteiger partial charge in [0, 0.05) is 30.2 Å². The van der Waals surface area contributed by atoms with Crippen LogP contribution in [0, 0.1) is 0 Å². The first-order valence-corrected chi connectivity index (χ1v) is 8.97. The summed E-state index contributed by atoms with van der Waals surface area (Å²) in [5.41, 5.74) is 1.80. The van der Waals surface area contributed by atoms with Crippen LogP contribution in [0.5, 0.6) is 11.5 Å². The van der Waals surface area contributed by atoms with Gasteiger partial charge in [0.1, 0.15) is 11.5 Å². The van der Waals surface area contributed by atoms with Gasteiger partial charge in [0.2, 0.25) is 5.91 Å². The minimum Gasteiger partial charge on any atom is -0.496 e. The molecule has 0 bridgehead atoms. The Kier molecular flexibility index (Phi) is 7.78. The average Bonchev–Trinajstić information content (AvgIpc) is 2.68. The lowest BCUT2D eigenvalue weighted by atomic mass is 10.0. The fourth-order valence-electron chi connectivity index (χ4n) is 3.37. The van der Waals surface area contributed by atoms with Crippen molar-refractivity contribution in [3.05, 3.63) is 58.6 Å². The van der Waals surface area contributed by atoms with Gasteiger partial charge in [-0.15, -0.1) is 12.4 Å². The number of halogens is 2. The van der Waals surface area contributed by atoms with E-state index in [0.717, 1.165) is 17.7 Å². The Labute approximate surface area is 171 Å². The first-order valence-electron chi connectivity index (χ1n) is 8.59. The van der Waals surface area contributed by atoms with Crippen molar-refractivity contribution < 1.29 is 14.3 Å². The molecule has 1 saturated heterocycles. The summed E-state index contributed by atoms with van der Waals surface area (Å²) in [5, 5.41) is 4.03. The van der Waals surface area contributed by atoms with Crippen LogP contribution < -0.4 is 14.8 Å². The minimum absolute atomic E-state index is 0. The molecule has 1 unspecified atom stereocenters. The second kappa shape index (κ2) is 9.83. The number of methoxy groups -OCH3 is 2. The first kappa shape index (κ1) is 21.4. The lowest BCUT2D eigenvalue weighted by molar-refractivity contribution is -0.133. The summed E-state index contributed by atoms with van der Waals surface area (Å²) in [4.78, 5) is 15.0. The van der Waals surface area contributed by atoms with E-state index in [-0.39, 0.29) is 30.8 Å². The van der Waals surface area contributed by atoms with Crippen LogP contribution in [0.15, 0.2) is 42.5 Å². The molecule has 1 atom stereocenters. The van der Waals surface area contributed by atoms with Gasteiger partial charge in [-0.2, -0.15) is 0 Å². The second-order valence-electron chi connectivity index (χ2n) is 6.18. The molecule has 1 N–H and O–H groups in total. The van der Waals surface area contributed by atoms with Crippen molar-refractivity contribution in [2.45, 2.75) is 12.5 Å². The van der Waals surface area contributed by atoms with Crippen LogP contribution in [0.1, 0.15) is 17.2 Å². The predicted molar refractivity (Wildman–Crippen MR) is 109 cm³/mol. The van der Waals surface area contributed by atoms with Crippen molar-refractivity contribution in [1.29, 1.82) is 0 Å². The molecule has 2 aromatic rings. The number of benzene rings is 2. The summed E-state index contributed by atoms with van der Waals surface area (Å²) in [7, 11) is 3.20. The van der Waals surface area contributed by atoms with E-state index in [0.29, 0.717) is 29.6 Å². The number of rotatable bonds is 5. The second-order valence-corrected chi connectivity index (χ2v) is 6.62. The number of hydrogen-bond acceptors (Lipinski definition) is 4. The molecule has 0 radical (unpaired) electrons. The molecule has 0 aliphatic carbocycles. The summed E-state index contributed by atoms with van der Waals surface area (Å²) in [6, 6.07) is 13.2. The maximum atomic E-state index is 13.1. The van der Waals surface area contributed by atoms with Gasteiger partial charge in [-0.25, -0.2) is 0 Å². The average molecular weight is 411 g/mol. The van der Waals surface area contributed by atoms with E-state index in [4.69, 9.17) is 21.1 Å². The number of piperazine rings is 1. The van der Waals surface area contributed by atoms with Crippen LogP contribution in [0.3, 0.4) is 0 Å². The quantitative estimate of drug-likeness (QED) is 0.819. The van der Waals surface area contributed by atoms with Crippen LogP contribution in [0.2, 0.25) is 5.02 Å². The topological polar surface area (TPSA) is 50.8 Å². The highest BCUT2D eigenvalue weighted by Crippen LogP contribution is 2.31. The fraction of sp³-hybridized carbons (Fsp3) is 0.350. The third kappa shape index (κ3) is 4.86. The summed E-state index contributed by atoms with van der Waals surface area (Å²) in [6.07, 6.45) is 0.226. The Bertz CT molecular complexity index is 763. The number of nitrogens with zero attached hydrogens (tertiary/aromatic N) is 1. The number of nitrogens with one attached hydrogen (secondary N) is 1. The van der Waals surface area contributed by atoms with Crippen LogP contribution >= 0.6 is 24.0 Å². The van der Waals surface area contributed by atoms with Gasteiger partial charge >= 0.3 is 0 Å². The van der Waals surface area contributed by atoms with Crippen molar-refractivity contribution in [2.24, 2.45) is 0 Å². The van der Waals surface area contributed by atoms with Crippen molar-refractivity contribution in [1.82, 2.24) is 10.2 Å². The molecule has 1 fully saturated rings. The molecule has 146 valence electrons. The molecule has 1 heterocycles. The number of carbonyl (C=O) groups is 1. The predicted octanol–water partition coefficient (Wildman–Crippen LogP) is 3.49. The molecule has 2 aromatic carbocycles. The molecule has 3 rings (SSSR count). The van der Waals surface area contributed by atoms with Crippen molar-refractivity contribution >= 4 is 29.9 Å². The van der Waals surface area contributed by atoms with Crippen molar-refractivity contribution in [2.75, 3.05) is 33.9 Å². The molecule has 1 aliphatic heterocycles. The molecular formula is C20H24Cl2N2O3. The molecule has 1 aliphatic rings. The van der Waals surface area contributed by atoms with Gasteiger partial charge in [0.15, 0.2) is 0 Å². The van der Waals surface area contributed by atoms with E-state index in [1.54, 1.807) is 14.2 Å². The smallest absolute Gasteiger partial charge is 0.227 e. The van der Waals surface area contributed by atoms with Gasteiger partial charge in [-0.05, 0) is 29.8 Å². The summed E-state index contributed by atoms with van der Waals surface area (Å²) in [5.74, 6) is 1.36. The van der Waals surface area contributed by atoms with Gasteiger partial charge < -0.3 is 19.7 Å². The monoisotopic (exact) mass is 410 g/mol. The third-order valence-corrected chi connectivity index (χ3v) is 4.89. The van der Waals surface area contributed by atoms with Gasteiger partial charge in [0.25, 0.3) is 0 Å². The van der Waals surface area contributed by atoms with E-state index >= 15 is 0 Å². The number of carbonyl (C=O) groups excluding carboxylic acids is 1. The van der Waals surface area contributed by atoms with Gasteiger partial charge in [-0.3, -0.25) is 4.79 Å². The Morgan fingerprint density at radius 2 is 1.85 bits per heavy atom. The highest BCUT2D eigenvalue weighted by molar-refractivity contribution is 6.30. The third-order valence-electron chi connectivity index (χ3n) is 4.66. The SMILES string of the molecule is COc1cccc(OC)c1CC(=O)N1CCNCC1c1cccc(Cl)c1.Cl. The van der Waals surface area contributed by atoms with E-state index in [9.17, 15) is 4.79 Å². The number of amides is 1. The number of hydrogen-bond donors (Lipinski definition) is 1. The maximum Gasteiger partial charge on any atom is 0.227 e. The Balaban J connectivity index is 0.00000261. The molecule has 7 heteroatoms. The zero-order chi connectivity index (χ0) is 18.5. The van der Waals surface area contributed by atoms with Crippen LogP contribution in [-0.4, -0.2) is 44.7 Å². The largest absolute Gasteiger partial charge is 0.496 e. The van der Waals surface area contributed by atoms with Crippen LogP contribution in [-0.2, 0) is 11.2 Å². The molecule has 27 heavy (non-hydrogen) atoms. The molecule has 0 aromatic heterocycles. The highest BCUT2D eigenvalue weighted by Gasteiger charge is 2.29. The number of ether oxygens (including phenoxy) is 2. The first-order chi connectivity index (χ1) is 12.6. The summed E-state index contributed by atoms with van der Waals surface area (Å²) in [6.45, 7) is 2.12. The van der Waals surface area contributed by atoms with Gasteiger partial charge in [-0.1, -0.05) is 29.8 Å². The van der Waals surface area contributed by atoms with Crippen molar-refractivity contribution in [3.8, 4) is 11.5 Å². The lowest BCUT2D eigenvalue weighted by Gasteiger charge is -2.37. The Hall–Kier alpha value is -1.95. The highest BCUT2D eigenvalue weighted by atomic mass is 35.5. The molecule has 5 nitrogen and oxygen atoms in total. The maximum absolute atomic E-state index is 13.1. The van der Waals surface area contributed by atoms with E-state index in [1.807, 2.05) is 47.4 Å². The Morgan fingerprint density at radius 3 is 2.48 bits per heavy atom. The normalized spacial score (nSPS) is 16.4. The Morgan fingerprint density at radius 1 is 1.19 bits per heavy atom.